The number of amides is 1. The lowest BCUT2D eigenvalue weighted by atomic mass is 10.0. The van der Waals surface area contributed by atoms with E-state index in [0.29, 0.717) is 25.1 Å². The monoisotopic (exact) mass is 298 g/mol. The molecule has 5 heteroatoms. The summed E-state index contributed by atoms with van der Waals surface area (Å²) in [6.07, 6.45) is 1.53. The normalized spacial score (nSPS) is 15.2. The van der Waals surface area contributed by atoms with Crippen LogP contribution in [0.5, 0.6) is 0 Å². The van der Waals surface area contributed by atoms with Gasteiger partial charge in [-0.3, -0.25) is 9.59 Å². The zero-order chi connectivity index (χ0) is 15.5. The van der Waals surface area contributed by atoms with Crippen molar-refractivity contribution in [2.45, 2.75) is 25.5 Å². The Labute approximate surface area is 128 Å². The lowest BCUT2D eigenvalue weighted by molar-refractivity contribution is -0.134. The Morgan fingerprint density at radius 2 is 2.05 bits per heavy atom. The molecule has 1 aromatic carbocycles. The van der Waals surface area contributed by atoms with E-state index in [1.807, 2.05) is 24.3 Å². The Hall–Kier alpha value is -2.40. The number of aromatic nitrogens is 1. The first-order valence-corrected chi connectivity index (χ1v) is 7.35. The van der Waals surface area contributed by atoms with E-state index in [0.717, 1.165) is 11.1 Å². The first-order chi connectivity index (χ1) is 10.6. The lowest BCUT2D eigenvalue weighted by Gasteiger charge is -2.29. The van der Waals surface area contributed by atoms with Crippen LogP contribution in [0.2, 0.25) is 0 Å². The SMILES string of the molecule is O=C(CC(O)c1ccccc1)N1CCc2cc[nH]c(=O)c2C1. The molecule has 0 saturated heterocycles. The third kappa shape index (κ3) is 2.94. The van der Waals surface area contributed by atoms with E-state index >= 15 is 0 Å². The summed E-state index contributed by atoms with van der Waals surface area (Å²) >= 11 is 0. The van der Waals surface area contributed by atoms with Gasteiger partial charge in [-0.1, -0.05) is 30.3 Å². The molecule has 1 aromatic heterocycles. The van der Waals surface area contributed by atoms with Crippen LogP contribution in [0, 0.1) is 0 Å². The number of hydrogen-bond donors (Lipinski definition) is 2. The van der Waals surface area contributed by atoms with Gasteiger partial charge in [0.05, 0.1) is 19.1 Å². The number of H-pyrrole nitrogens is 1. The first kappa shape index (κ1) is 14.5. The minimum absolute atomic E-state index is 0.0318. The minimum Gasteiger partial charge on any atom is -0.388 e. The Balaban J connectivity index is 1.69. The molecular weight excluding hydrogens is 280 g/mol. The van der Waals surface area contributed by atoms with E-state index in [1.165, 1.54) is 0 Å². The minimum atomic E-state index is -0.816. The average Bonchev–Trinajstić information content (AvgIpc) is 2.55. The summed E-state index contributed by atoms with van der Waals surface area (Å²) in [6, 6.07) is 11.0. The highest BCUT2D eigenvalue weighted by Crippen LogP contribution is 2.20. The molecule has 0 spiro atoms. The quantitative estimate of drug-likeness (QED) is 0.899. The van der Waals surface area contributed by atoms with E-state index in [9.17, 15) is 14.7 Å². The van der Waals surface area contributed by atoms with Crippen LogP contribution in [-0.2, 0) is 17.8 Å². The van der Waals surface area contributed by atoms with Crippen molar-refractivity contribution in [1.29, 1.82) is 0 Å². The van der Waals surface area contributed by atoms with Crippen molar-refractivity contribution >= 4 is 5.91 Å². The standard InChI is InChI=1S/C17H18N2O3/c20-15(13-4-2-1-3-5-13)10-16(21)19-9-7-12-6-8-18-17(22)14(12)11-19/h1-6,8,15,20H,7,9-11H2,(H,18,22). The Morgan fingerprint density at radius 3 is 2.82 bits per heavy atom. The molecule has 0 aliphatic carbocycles. The van der Waals surface area contributed by atoms with Crippen LogP contribution in [0.1, 0.15) is 29.2 Å². The number of carbonyl (C=O) groups is 1. The second kappa shape index (κ2) is 6.15. The highest BCUT2D eigenvalue weighted by Gasteiger charge is 2.24. The van der Waals surface area contributed by atoms with Gasteiger partial charge in [0.25, 0.3) is 5.56 Å². The van der Waals surface area contributed by atoms with Crippen molar-refractivity contribution < 1.29 is 9.90 Å². The largest absolute Gasteiger partial charge is 0.388 e. The van der Waals surface area contributed by atoms with Crippen LogP contribution in [0.4, 0.5) is 0 Å². The van der Waals surface area contributed by atoms with Gasteiger partial charge < -0.3 is 15.0 Å². The second-order valence-corrected chi connectivity index (χ2v) is 5.51. The third-order valence-electron chi connectivity index (χ3n) is 4.07. The fraction of sp³-hybridized carbons (Fsp3) is 0.294. The van der Waals surface area contributed by atoms with E-state index in [1.54, 1.807) is 23.2 Å². The second-order valence-electron chi connectivity index (χ2n) is 5.51. The molecular formula is C17H18N2O3. The highest BCUT2D eigenvalue weighted by molar-refractivity contribution is 5.77. The molecule has 1 unspecified atom stereocenters. The molecule has 0 bridgehead atoms. The zero-order valence-electron chi connectivity index (χ0n) is 12.2. The summed E-state index contributed by atoms with van der Waals surface area (Å²) in [5.41, 5.74) is 2.23. The van der Waals surface area contributed by atoms with Crippen LogP contribution in [0.25, 0.3) is 0 Å². The van der Waals surface area contributed by atoms with Gasteiger partial charge in [0.2, 0.25) is 5.91 Å². The predicted octanol–water partition coefficient (Wildman–Crippen LogP) is 1.38. The van der Waals surface area contributed by atoms with Gasteiger partial charge >= 0.3 is 0 Å². The molecule has 5 nitrogen and oxygen atoms in total. The maximum absolute atomic E-state index is 12.4. The van der Waals surface area contributed by atoms with Crippen molar-refractivity contribution in [2.75, 3.05) is 6.54 Å². The van der Waals surface area contributed by atoms with Gasteiger partial charge in [-0.25, -0.2) is 0 Å². The van der Waals surface area contributed by atoms with Gasteiger partial charge in [0, 0.05) is 18.3 Å². The van der Waals surface area contributed by atoms with Crippen molar-refractivity contribution in [2.24, 2.45) is 0 Å². The van der Waals surface area contributed by atoms with E-state index in [4.69, 9.17) is 0 Å². The molecule has 1 aliphatic heterocycles. The molecule has 2 N–H and O–H groups in total. The number of aliphatic hydroxyl groups is 1. The first-order valence-electron chi connectivity index (χ1n) is 7.35. The number of aliphatic hydroxyl groups excluding tert-OH is 1. The molecule has 22 heavy (non-hydrogen) atoms. The van der Waals surface area contributed by atoms with Crippen molar-refractivity contribution in [3.8, 4) is 0 Å². The maximum Gasteiger partial charge on any atom is 0.253 e. The van der Waals surface area contributed by atoms with Crippen molar-refractivity contribution in [3.05, 3.63) is 69.6 Å². The molecule has 1 amide bonds. The Kier molecular flexibility index (Phi) is 4.06. The fourth-order valence-electron chi connectivity index (χ4n) is 2.78. The number of aromatic amines is 1. The summed E-state index contributed by atoms with van der Waals surface area (Å²) in [6.45, 7) is 0.892. The molecule has 2 heterocycles. The molecule has 1 atom stereocenters. The van der Waals surface area contributed by atoms with Gasteiger partial charge in [0.1, 0.15) is 0 Å². The summed E-state index contributed by atoms with van der Waals surface area (Å²) < 4.78 is 0. The van der Waals surface area contributed by atoms with Crippen LogP contribution < -0.4 is 5.56 Å². The molecule has 3 rings (SSSR count). The topological polar surface area (TPSA) is 73.4 Å². The number of nitrogens with one attached hydrogen (secondary N) is 1. The lowest BCUT2D eigenvalue weighted by Crippen LogP contribution is -2.39. The van der Waals surface area contributed by atoms with Gasteiger partial charge in [0.15, 0.2) is 0 Å². The summed E-state index contributed by atoms with van der Waals surface area (Å²) in [4.78, 5) is 28.5. The average molecular weight is 298 g/mol. The van der Waals surface area contributed by atoms with Crippen LogP contribution in [0.3, 0.4) is 0 Å². The molecule has 0 fully saturated rings. The number of pyridine rings is 1. The molecule has 114 valence electrons. The number of rotatable bonds is 3. The number of fused-ring (bicyclic) bond motifs is 1. The molecule has 2 aromatic rings. The van der Waals surface area contributed by atoms with Crippen LogP contribution in [-0.4, -0.2) is 27.4 Å². The number of carbonyl (C=O) groups excluding carboxylic acids is 1. The van der Waals surface area contributed by atoms with E-state index in [-0.39, 0.29) is 17.9 Å². The number of hydrogen-bond acceptors (Lipinski definition) is 3. The Morgan fingerprint density at radius 1 is 1.27 bits per heavy atom. The van der Waals surface area contributed by atoms with Gasteiger partial charge in [-0.15, -0.1) is 0 Å². The van der Waals surface area contributed by atoms with E-state index in [2.05, 4.69) is 4.98 Å². The van der Waals surface area contributed by atoms with Crippen molar-refractivity contribution in [3.63, 3.8) is 0 Å². The van der Waals surface area contributed by atoms with Gasteiger partial charge in [-0.2, -0.15) is 0 Å². The van der Waals surface area contributed by atoms with Crippen molar-refractivity contribution in [1.82, 2.24) is 9.88 Å². The highest BCUT2D eigenvalue weighted by atomic mass is 16.3. The molecule has 0 radical (unpaired) electrons. The predicted molar refractivity (Wildman–Crippen MR) is 82.2 cm³/mol. The zero-order valence-corrected chi connectivity index (χ0v) is 12.2. The number of nitrogens with zero attached hydrogens (tertiary/aromatic N) is 1. The Bertz CT molecular complexity index is 724. The van der Waals surface area contributed by atoms with Crippen LogP contribution >= 0.6 is 0 Å². The fourth-order valence-corrected chi connectivity index (χ4v) is 2.78. The molecule has 0 saturated carbocycles. The summed E-state index contributed by atoms with van der Waals surface area (Å²) in [5, 5.41) is 10.2. The number of benzene rings is 1. The van der Waals surface area contributed by atoms with Crippen LogP contribution in [0.15, 0.2) is 47.4 Å². The molecule has 1 aliphatic rings. The van der Waals surface area contributed by atoms with E-state index < -0.39 is 6.10 Å². The summed E-state index contributed by atoms with van der Waals surface area (Å²) in [7, 11) is 0. The smallest absolute Gasteiger partial charge is 0.253 e. The third-order valence-corrected chi connectivity index (χ3v) is 4.07. The summed E-state index contributed by atoms with van der Waals surface area (Å²) in [5.74, 6) is -0.134. The maximum atomic E-state index is 12.4. The van der Waals surface area contributed by atoms with Gasteiger partial charge in [-0.05, 0) is 23.6 Å².